The third kappa shape index (κ3) is 3.21. The fraction of sp³-hybridized carbons (Fsp3) is 0.676. The van der Waals surface area contributed by atoms with Gasteiger partial charge in [-0.25, -0.2) is 4.98 Å². The second kappa shape index (κ2) is 8.14. The number of nitrogens with zero attached hydrogens (tertiary/aromatic N) is 3. The summed E-state index contributed by atoms with van der Waals surface area (Å²) in [5.41, 5.74) is -1.05. The van der Waals surface area contributed by atoms with Crippen molar-refractivity contribution < 1.29 is 14.4 Å². The van der Waals surface area contributed by atoms with Crippen LogP contribution >= 0.6 is 0 Å². The molecular formula is C34H43N3O3. The summed E-state index contributed by atoms with van der Waals surface area (Å²) in [7, 11) is 0. The van der Waals surface area contributed by atoms with Gasteiger partial charge in [0.15, 0.2) is 11.6 Å². The lowest BCUT2D eigenvalue weighted by molar-refractivity contribution is -0.164. The summed E-state index contributed by atoms with van der Waals surface area (Å²) in [5.74, 6) is -0.144. The first-order chi connectivity index (χ1) is 18.6. The standard InChI is InChI=1S/C34H43N3O3/c1-29(2)10-12-34(28(40)37-15-14-36-20-37)13-11-33(7)26(22(34)18-29)23(38)16-25-31(5)17-21(19-35)27(39)30(3,4)24(31)8-9-32(25,33)6/h14-17,20,22,24,26H,8-13,18H2,1-7H3/t22-,24-,26?,31-,32+,33+,34-/m0/s1. The van der Waals surface area contributed by atoms with Crippen LogP contribution in [0.3, 0.4) is 0 Å². The zero-order valence-electron chi connectivity index (χ0n) is 25.1. The highest BCUT2D eigenvalue weighted by Crippen LogP contribution is 2.74. The molecule has 0 saturated heterocycles. The monoisotopic (exact) mass is 541 g/mol. The van der Waals surface area contributed by atoms with Crippen molar-refractivity contribution in [2.45, 2.75) is 93.4 Å². The van der Waals surface area contributed by atoms with Gasteiger partial charge in [-0.1, -0.05) is 60.1 Å². The molecule has 5 aliphatic carbocycles. The lowest BCUT2D eigenvalue weighted by Crippen LogP contribution is -2.66. The highest BCUT2D eigenvalue weighted by Gasteiger charge is 2.70. The molecule has 1 aromatic heterocycles. The molecule has 1 aromatic rings. The molecule has 7 atom stereocenters. The third-order valence-corrected chi connectivity index (χ3v) is 13.0. The molecule has 40 heavy (non-hydrogen) atoms. The maximum atomic E-state index is 14.6. The van der Waals surface area contributed by atoms with Crippen LogP contribution in [-0.2, 0) is 9.59 Å². The molecule has 212 valence electrons. The minimum atomic E-state index is -0.677. The molecule has 0 spiro atoms. The first-order valence-electron chi connectivity index (χ1n) is 15.0. The number of allylic oxidation sites excluding steroid dienone is 4. The zero-order valence-corrected chi connectivity index (χ0v) is 25.1. The quantitative estimate of drug-likeness (QED) is 0.392. The van der Waals surface area contributed by atoms with E-state index < -0.39 is 16.2 Å². The first kappa shape index (κ1) is 27.4. The predicted octanol–water partition coefficient (Wildman–Crippen LogP) is 6.74. The minimum absolute atomic E-state index is 0.0241. The molecule has 0 N–H and O–H groups in total. The fourth-order valence-corrected chi connectivity index (χ4v) is 10.6. The summed E-state index contributed by atoms with van der Waals surface area (Å²) >= 11 is 0. The maximum absolute atomic E-state index is 14.6. The van der Waals surface area contributed by atoms with E-state index in [-0.39, 0.29) is 57.0 Å². The Balaban J connectivity index is 1.53. The number of carbonyl (C=O) groups excluding carboxylic acids is 3. The van der Waals surface area contributed by atoms with Gasteiger partial charge >= 0.3 is 0 Å². The largest absolute Gasteiger partial charge is 0.295 e. The number of aromatic nitrogens is 2. The van der Waals surface area contributed by atoms with Crippen molar-refractivity contribution in [3.63, 3.8) is 0 Å². The van der Waals surface area contributed by atoms with E-state index in [1.165, 1.54) is 0 Å². The van der Waals surface area contributed by atoms with Crippen LogP contribution in [0.25, 0.3) is 0 Å². The Hall–Kier alpha value is -2.81. The average molecular weight is 542 g/mol. The summed E-state index contributed by atoms with van der Waals surface area (Å²) in [6, 6.07) is 2.18. The molecule has 1 unspecified atom stereocenters. The van der Waals surface area contributed by atoms with Crippen LogP contribution < -0.4 is 0 Å². The lowest BCUT2D eigenvalue weighted by Gasteiger charge is -2.69. The normalized spacial score (nSPS) is 43.2. The molecule has 0 amide bonds. The number of carbonyl (C=O) groups is 3. The van der Waals surface area contributed by atoms with Crippen LogP contribution in [0, 0.1) is 61.6 Å². The Morgan fingerprint density at radius 2 is 1.73 bits per heavy atom. The first-order valence-corrected chi connectivity index (χ1v) is 15.0. The minimum Gasteiger partial charge on any atom is -0.295 e. The molecule has 0 radical (unpaired) electrons. The number of nitriles is 1. The van der Waals surface area contributed by atoms with Gasteiger partial charge < -0.3 is 0 Å². The smallest absolute Gasteiger partial charge is 0.238 e. The average Bonchev–Trinajstić information content (AvgIpc) is 3.42. The van der Waals surface area contributed by atoms with Crippen molar-refractivity contribution in [3.8, 4) is 6.07 Å². The molecule has 5 aliphatic rings. The Morgan fingerprint density at radius 1 is 1.02 bits per heavy atom. The van der Waals surface area contributed by atoms with Crippen molar-refractivity contribution in [1.82, 2.24) is 9.55 Å². The number of Topliss-reactive ketones (excluding diaryl/α,β-unsaturated/α-hetero) is 1. The van der Waals surface area contributed by atoms with Crippen molar-refractivity contribution in [1.29, 1.82) is 5.26 Å². The molecule has 6 heteroatoms. The number of ketones is 2. The van der Waals surface area contributed by atoms with Gasteiger partial charge in [-0.05, 0) is 79.1 Å². The van der Waals surface area contributed by atoms with E-state index in [0.717, 1.165) is 50.5 Å². The maximum Gasteiger partial charge on any atom is 0.238 e. The highest BCUT2D eigenvalue weighted by atomic mass is 16.2. The van der Waals surface area contributed by atoms with Crippen LogP contribution in [0.1, 0.15) is 98.2 Å². The van der Waals surface area contributed by atoms with Gasteiger partial charge in [-0.3, -0.25) is 19.0 Å². The topological polar surface area (TPSA) is 92.8 Å². The number of fused-ring (bicyclic) bond motifs is 7. The number of hydrogen-bond donors (Lipinski definition) is 0. The fourth-order valence-electron chi connectivity index (χ4n) is 10.6. The van der Waals surface area contributed by atoms with E-state index in [4.69, 9.17) is 0 Å². The molecule has 3 saturated carbocycles. The van der Waals surface area contributed by atoms with Gasteiger partial charge in [-0.2, -0.15) is 5.26 Å². The second-order valence-corrected chi connectivity index (χ2v) is 15.7. The summed E-state index contributed by atoms with van der Waals surface area (Å²) < 4.78 is 1.64. The number of rotatable bonds is 1. The van der Waals surface area contributed by atoms with E-state index in [0.29, 0.717) is 0 Å². The summed E-state index contributed by atoms with van der Waals surface area (Å²) in [6.45, 7) is 15.3. The zero-order chi connectivity index (χ0) is 29.1. The van der Waals surface area contributed by atoms with Crippen LogP contribution in [0.4, 0.5) is 0 Å². The predicted molar refractivity (Wildman–Crippen MR) is 152 cm³/mol. The molecule has 0 aliphatic heterocycles. The lowest BCUT2D eigenvalue weighted by atomic mass is 9.34. The van der Waals surface area contributed by atoms with E-state index in [1.807, 2.05) is 26.0 Å². The van der Waals surface area contributed by atoms with E-state index in [2.05, 4.69) is 45.7 Å². The van der Waals surface area contributed by atoms with E-state index >= 15 is 0 Å². The number of imidazole rings is 1. The third-order valence-electron chi connectivity index (χ3n) is 13.0. The van der Waals surface area contributed by atoms with Crippen LogP contribution in [0.15, 0.2) is 42.0 Å². The van der Waals surface area contributed by atoms with Gasteiger partial charge in [0.1, 0.15) is 12.4 Å². The van der Waals surface area contributed by atoms with Crippen LogP contribution in [0.5, 0.6) is 0 Å². The molecule has 3 fully saturated rings. The van der Waals surface area contributed by atoms with Crippen molar-refractivity contribution >= 4 is 17.5 Å². The summed E-state index contributed by atoms with van der Waals surface area (Å²) in [4.78, 5) is 46.2. The van der Waals surface area contributed by atoms with Crippen molar-refractivity contribution in [3.05, 3.63) is 42.0 Å². The molecule has 6 rings (SSSR count). The number of hydrogen-bond acceptors (Lipinski definition) is 5. The Morgan fingerprint density at radius 3 is 2.38 bits per heavy atom. The van der Waals surface area contributed by atoms with E-state index in [9.17, 15) is 19.6 Å². The summed E-state index contributed by atoms with van der Waals surface area (Å²) in [5, 5.41) is 9.92. The molecule has 1 heterocycles. The molecule has 6 nitrogen and oxygen atoms in total. The van der Waals surface area contributed by atoms with Crippen LogP contribution in [0.2, 0.25) is 0 Å². The highest BCUT2D eigenvalue weighted by molar-refractivity contribution is 6.04. The van der Waals surface area contributed by atoms with E-state index in [1.54, 1.807) is 23.3 Å². The Labute approximate surface area is 238 Å². The van der Waals surface area contributed by atoms with Gasteiger partial charge in [0.05, 0.1) is 11.0 Å². The van der Waals surface area contributed by atoms with Crippen molar-refractivity contribution in [2.75, 3.05) is 0 Å². The second-order valence-electron chi connectivity index (χ2n) is 15.7. The molecular weight excluding hydrogens is 498 g/mol. The van der Waals surface area contributed by atoms with Crippen molar-refractivity contribution in [2.24, 2.45) is 50.2 Å². The van der Waals surface area contributed by atoms with Gasteiger partial charge in [0.25, 0.3) is 0 Å². The Bertz CT molecular complexity index is 1420. The molecule has 0 aromatic carbocycles. The Kier molecular flexibility index (Phi) is 5.57. The van der Waals surface area contributed by atoms with Gasteiger partial charge in [0.2, 0.25) is 5.91 Å². The molecule has 0 bridgehead atoms. The van der Waals surface area contributed by atoms with Crippen LogP contribution in [-0.4, -0.2) is 27.0 Å². The van der Waals surface area contributed by atoms with Gasteiger partial charge in [0, 0.05) is 29.1 Å². The van der Waals surface area contributed by atoms with Gasteiger partial charge in [-0.15, -0.1) is 0 Å². The SMILES string of the molecule is CC1(C)CC[C@]2(C(=O)n3ccnc3)CC[C@]3(C)C(C(=O)C=C4[C@@]5(C)C=C(C#N)C(=O)C(C)(C)[C@@H]5CC[C@]43C)[C@@H]2C1. The summed E-state index contributed by atoms with van der Waals surface area (Å²) in [6.07, 6.45) is 14.7.